The summed E-state index contributed by atoms with van der Waals surface area (Å²) >= 11 is 0. The van der Waals surface area contributed by atoms with Crippen LogP contribution in [0.3, 0.4) is 0 Å². The number of nitrogens with zero attached hydrogens (tertiary/aromatic N) is 5. The van der Waals surface area contributed by atoms with Crippen molar-refractivity contribution in [3.05, 3.63) is 65.5 Å². The second-order valence-electron chi connectivity index (χ2n) is 9.82. The minimum Gasteiger partial charge on any atom is -0.493 e. The van der Waals surface area contributed by atoms with Gasteiger partial charge in [0.1, 0.15) is 18.3 Å². The summed E-state index contributed by atoms with van der Waals surface area (Å²) < 4.78 is 13.2. The molecule has 1 atom stereocenters. The summed E-state index contributed by atoms with van der Waals surface area (Å²) in [6.07, 6.45) is 3.51. The van der Waals surface area contributed by atoms with E-state index in [1.54, 1.807) is 41.9 Å². The zero-order chi connectivity index (χ0) is 28.6. The van der Waals surface area contributed by atoms with Crippen LogP contribution in [0.4, 0.5) is 0 Å². The number of aryl methyl sites for hydroxylation is 1. The van der Waals surface area contributed by atoms with Crippen molar-refractivity contribution in [2.24, 2.45) is 5.92 Å². The molecule has 0 saturated heterocycles. The lowest BCUT2D eigenvalue weighted by atomic mass is 10.0. The lowest BCUT2D eigenvalue weighted by molar-refractivity contribution is -0.123. The fourth-order valence-electron chi connectivity index (χ4n) is 4.46. The van der Waals surface area contributed by atoms with Crippen molar-refractivity contribution in [3.8, 4) is 11.5 Å². The molecule has 12 heteroatoms. The van der Waals surface area contributed by atoms with Crippen LogP contribution in [0.5, 0.6) is 11.5 Å². The Morgan fingerprint density at radius 2 is 1.93 bits per heavy atom. The van der Waals surface area contributed by atoms with E-state index in [0.717, 1.165) is 0 Å². The largest absolute Gasteiger partial charge is 0.493 e. The number of methoxy groups -OCH3 is 1. The summed E-state index contributed by atoms with van der Waals surface area (Å²) in [5.74, 6) is 1.19. The molecule has 212 valence electrons. The molecule has 3 aromatic rings. The molecular weight excluding hydrogens is 514 g/mol. The molecular formula is C28H35N7O5. The molecule has 2 aliphatic rings. The van der Waals surface area contributed by atoms with Gasteiger partial charge in [0.15, 0.2) is 11.5 Å². The number of aromatic nitrogens is 4. The van der Waals surface area contributed by atoms with E-state index in [1.165, 1.54) is 24.4 Å². The Hall–Kier alpha value is -4.48. The van der Waals surface area contributed by atoms with Crippen molar-refractivity contribution in [3.63, 3.8) is 0 Å². The van der Waals surface area contributed by atoms with E-state index in [1.807, 2.05) is 13.8 Å². The van der Waals surface area contributed by atoms with Gasteiger partial charge in [0, 0.05) is 36.6 Å². The van der Waals surface area contributed by atoms with Gasteiger partial charge in [-0.25, -0.2) is 9.67 Å². The smallest absolute Gasteiger partial charge is 0.254 e. The molecule has 2 N–H and O–H groups in total. The second-order valence-corrected chi connectivity index (χ2v) is 9.82. The molecule has 0 saturated carbocycles. The van der Waals surface area contributed by atoms with Gasteiger partial charge in [-0.15, -0.1) is 0 Å². The normalized spacial score (nSPS) is 17.1. The van der Waals surface area contributed by atoms with E-state index in [0.29, 0.717) is 53.8 Å². The van der Waals surface area contributed by atoms with E-state index < -0.39 is 6.04 Å². The average Bonchev–Trinajstić information content (AvgIpc) is 3.32. The summed E-state index contributed by atoms with van der Waals surface area (Å²) in [4.78, 5) is 49.5. The summed E-state index contributed by atoms with van der Waals surface area (Å²) in [7, 11) is 1.52. The molecule has 40 heavy (non-hydrogen) atoms. The second kappa shape index (κ2) is 13.0. The number of rotatable bonds is 3. The van der Waals surface area contributed by atoms with E-state index in [2.05, 4.69) is 25.7 Å². The van der Waals surface area contributed by atoms with E-state index in [9.17, 15) is 14.4 Å². The van der Waals surface area contributed by atoms with Gasteiger partial charge in [-0.2, -0.15) is 5.10 Å². The van der Waals surface area contributed by atoms with Crippen LogP contribution in [0.1, 0.15) is 58.7 Å². The van der Waals surface area contributed by atoms with Gasteiger partial charge < -0.3 is 25.0 Å². The molecule has 3 amide bonds. The maximum Gasteiger partial charge on any atom is 0.254 e. The molecule has 0 radical (unpaired) electrons. The average molecular weight is 550 g/mol. The summed E-state index contributed by atoms with van der Waals surface area (Å²) in [6.45, 7) is 6.79. The fourth-order valence-corrected chi connectivity index (χ4v) is 4.46. The predicted octanol–water partition coefficient (Wildman–Crippen LogP) is 2.16. The summed E-state index contributed by atoms with van der Waals surface area (Å²) in [5, 5.41) is 10.4. The number of ether oxygens (including phenoxy) is 2. The van der Waals surface area contributed by atoms with Crippen LogP contribution < -0.4 is 20.1 Å². The Morgan fingerprint density at radius 3 is 2.65 bits per heavy atom. The molecule has 0 spiro atoms. The lowest BCUT2D eigenvalue weighted by Crippen LogP contribution is -2.44. The van der Waals surface area contributed by atoms with Crippen molar-refractivity contribution in [1.82, 2.24) is 35.3 Å². The van der Waals surface area contributed by atoms with Crippen LogP contribution in [-0.4, -0.2) is 75.7 Å². The Morgan fingerprint density at radius 1 is 1.15 bits per heavy atom. The molecule has 2 bridgehead atoms. The highest BCUT2D eigenvalue weighted by Gasteiger charge is 2.27. The minimum atomic E-state index is -0.443. The first-order valence-corrected chi connectivity index (χ1v) is 13.3. The number of pyridine rings is 1. The van der Waals surface area contributed by atoms with E-state index >= 15 is 0 Å². The highest BCUT2D eigenvalue weighted by Crippen LogP contribution is 2.28. The third-order valence-corrected chi connectivity index (χ3v) is 6.49. The highest BCUT2D eigenvalue weighted by atomic mass is 16.5. The van der Waals surface area contributed by atoms with E-state index in [4.69, 9.17) is 9.47 Å². The standard InChI is InChI=1S/C28H35N7O5/c1-18(2)25-26-31-19(3)33-35(26)14-15-40-22-7-6-21(16-23(22)39-4)27(37)30-10-5-13-34(17-24(36)32-25)28(38)20-8-11-29-12-9-20/h6-9,11-12,16,18,25H,5,10,13-15,17H2,1-4H3,(H,30,37)(H,32,36)/t25-/m0/s1. The first kappa shape index (κ1) is 28.5. The molecule has 2 aromatic heterocycles. The van der Waals surface area contributed by atoms with Gasteiger partial charge in [-0.3, -0.25) is 19.4 Å². The fraction of sp³-hybridized carbons (Fsp3) is 0.429. The lowest BCUT2D eigenvalue weighted by Gasteiger charge is -2.26. The van der Waals surface area contributed by atoms with Gasteiger partial charge in [-0.1, -0.05) is 13.8 Å². The van der Waals surface area contributed by atoms with Crippen LogP contribution in [0.2, 0.25) is 0 Å². The van der Waals surface area contributed by atoms with Gasteiger partial charge in [0.05, 0.1) is 26.2 Å². The SMILES string of the molecule is COc1cc2ccc1OCCn1nc(C)nc1[C@H](C(C)C)NC(=O)CN(C(=O)c1ccncc1)CCCNC2=O. The van der Waals surface area contributed by atoms with Crippen LogP contribution in [0.15, 0.2) is 42.7 Å². The quantitative estimate of drug-likeness (QED) is 0.507. The van der Waals surface area contributed by atoms with Crippen LogP contribution >= 0.6 is 0 Å². The van der Waals surface area contributed by atoms with Crippen molar-refractivity contribution < 1.29 is 23.9 Å². The number of fused-ring (bicyclic) bond motifs is 13. The Bertz CT molecular complexity index is 1340. The molecule has 0 aliphatic carbocycles. The first-order valence-electron chi connectivity index (χ1n) is 13.3. The maximum atomic E-state index is 13.3. The third kappa shape index (κ3) is 6.93. The zero-order valence-corrected chi connectivity index (χ0v) is 23.2. The topological polar surface area (TPSA) is 141 Å². The zero-order valence-electron chi connectivity index (χ0n) is 23.2. The molecule has 12 nitrogen and oxygen atoms in total. The minimum absolute atomic E-state index is 0.00599. The van der Waals surface area contributed by atoms with Gasteiger partial charge in [0.2, 0.25) is 5.91 Å². The van der Waals surface area contributed by atoms with Gasteiger partial charge >= 0.3 is 0 Å². The molecule has 2 aliphatic heterocycles. The molecule has 5 rings (SSSR count). The number of amides is 3. The Labute approximate surface area is 233 Å². The highest BCUT2D eigenvalue weighted by molar-refractivity contribution is 5.96. The number of carbonyl (C=O) groups excluding carboxylic acids is 3. The van der Waals surface area contributed by atoms with Crippen molar-refractivity contribution in [1.29, 1.82) is 0 Å². The Balaban J connectivity index is 1.65. The first-order chi connectivity index (χ1) is 19.3. The number of carbonyl (C=O) groups is 3. The number of benzene rings is 1. The maximum absolute atomic E-state index is 13.3. The van der Waals surface area contributed by atoms with E-state index in [-0.39, 0.29) is 43.3 Å². The predicted molar refractivity (Wildman–Crippen MR) is 146 cm³/mol. The number of hydrogen-bond acceptors (Lipinski definition) is 8. The van der Waals surface area contributed by atoms with Crippen LogP contribution in [0, 0.1) is 12.8 Å². The summed E-state index contributed by atoms with van der Waals surface area (Å²) in [6, 6.07) is 7.77. The van der Waals surface area contributed by atoms with Crippen molar-refractivity contribution >= 4 is 17.7 Å². The van der Waals surface area contributed by atoms with Crippen molar-refractivity contribution in [2.45, 2.75) is 39.8 Å². The summed E-state index contributed by atoms with van der Waals surface area (Å²) in [5.41, 5.74) is 0.841. The van der Waals surface area contributed by atoms with Gasteiger partial charge in [-0.05, 0) is 49.6 Å². The molecule has 0 fully saturated rings. The molecule has 4 heterocycles. The van der Waals surface area contributed by atoms with Crippen LogP contribution in [-0.2, 0) is 11.3 Å². The monoisotopic (exact) mass is 549 g/mol. The number of hydrogen-bond donors (Lipinski definition) is 2. The van der Waals surface area contributed by atoms with Crippen molar-refractivity contribution in [2.75, 3.05) is 33.4 Å². The number of nitrogens with one attached hydrogen (secondary N) is 2. The molecule has 1 aromatic carbocycles. The van der Waals surface area contributed by atoms with Gasteiger partial charge in [0.25, 0.3) is 11.8 Å². The third-order valence-electron chi connectivity index (χ3n) is 6.49. The molecule has 0 unspecified atom stereocenters. The van der Waals surface area contributed by atoms with Crippen LogP contribution in [0.25, 0.3) is 0 Å². The Kier molecular flexibility index (Phi) is 9.31.